The number of hydrogen-bond acceptors (Lipinski definition) is 3. The van der Waals surface area contributed by atoms with Crippen molar-refractivity contribution in [1.29, 1.82) is 5.26 Å². The van der Waals surface area contributed by atoms with E-state index < -0.39 is 5.41 Å². The Hall–Kier alpha value is -15.6. The normalized spacial score (nSPS) is 12.2. The monoisotopic (exact) mass is 1580 g/mol. The predicted molar refractivity (Wildman–Crippen MR) is 523 cm³/mol. The fourth-order valence-electron chi connectivity index (χ4n) is 19.1. The Morgan fingerprint density at radius 1 is 0.274 bits per heavy atom. The Bertz CT molecular complexity index is 7260. The van der Waals surface area contributed by atoms with Crippen LogP contribution in [0.15, 0.2) is 413 Å². The summed E-state index contributed by atoms with van der Waals surface area (Å²) < 4.78 is 2.48. The van der Waals surface area contributed by atoms with Crippen LogP contribution in [0.1, 0.15) is 58.2 Å². The fraction of sp³-hybridized carbons (Fsp3) is 0.0678. The van der Waals surface area contributed by atoms with Crippen LogP contribution < -0.4 is 26.2 Å². The van der Waals surface area contributed by atoms with E-state index in [1.807, 2.05) is 36.4 Å². The van der Waals surface area contributed by atoms with E-state index in [1.54, 1.807) is 0 Å². The Morgan fingerprint density at radius 3 is 1.07 bits per heavy atom. The second kappa shape index (κ2) is 30.9. The van der Waals surface area contributed by atoms with E-state index in [4.69, 9.17) is 6.57 Å². The average Bonchev–Trinajstić information content (AvgIpc) is 0.739. The van der Waals surface area contributed by atoms with E-state index in [-0.39, 0.29) is 12.1 Å². The van der Waals surface area contributed by atoms with E-state index in [0.717, 1.165) is 195 Å². The lowest BCUT2D eigenvalue weighted by Crippen LogP contribution is -2.61. The number of aromatic nitrogens is 1. The Morgan fingerprint density at radius 2 is 0.637 bits per heavy atom. The largest absolute Gasteiger partial charge is 0.310 e. The van der Waals surface area contributed by atoms with Gasteiger partial charge in [-0.2, -0.15) is 5.26 Å². The zero-order valence-corrected chi connectivity index (χ0v) is 70.1. The third-order valence-corrected chi connectivity index (χ3v) is 25.3. The maximum atomic E-state index is 10.8. The highest BCUT2D eigenvalue weighted by Crippen LogP contribution is 2.57. The highest BCUT2D eigenvalue weighted by molar-refractivity contribution is 7.00. The van der Waals surface area contributed by atoms with Gasteiger partial charge in [0.05, 0.1) is 40.6 Å². The number of benzene rings is 18. The number of anilines is 6. The summed E-state index contributed by atoms with van der Waals surface area (Å²) in [6.45, 7) is 22.1. The second-order valence-electron chi connectivity index (χ2n) is 35.0. The van der Waals surface area contributed by atoms with Gasteiger partial charge in [0, 0.05) is 61.5 Å². The summed E-state index contributed by atoms with van der Waals surface area (Å²) in [5.74, 6) is 0. The van der Waals surface area contributed by atoms with Gasteiger partial charge in [-0.1, -0.05) is 345 Å². The number of hydrogen-bond donors (Lipinski definition) is 0. The van der Waals surface area contributed by atoms with Crippen LogP contribution in [-0.2, 0) is 10.8 Å². The zero-order valence-electron chi connectivity index (χ0n) is 70.1. The molecule has 0 atom stereocenters. The minimum absolute atomic E-state index is 0.0691. The van der Waals surface area contributed by atoms with Crippen molar-refractivity contribution >= 4 is 84.7 Å². The molecule has 0 bridgehead atoms. The second-order valence-corrected chi connectivity index (χ2v) is 35.0. The highest BCUT2D eigenvalue weighted by atomic mass is 15.2. The molecular weight excluding hydrogens is 1500 g/mol. The van der Waals surface area contributed by atoms with Gasteiger partial charge in [0.1, 0.15) is 0 Å². The number of nitriles is 1. The maximum Gasteiger partial charge on any atom is 0.252 e. The lowest BCUT2D eigenvalue weighted by molar-refractivity contribution is 0.590. The zero-order chi connectivity index (χ0) is 83.9. The Kier molecular flexibility index (Phi) is 18.9. The van der Waals surface area contributed by atoms with E-state index in [1.165, 1.54) is 16.3 Å². The summed E-state index contributed by atoms with van der Waals surface area (Å²) >= 11 is 0. The third-order valence-electron chi connectivity index (χ3n) is 25.3. The molecule has 0 amide bonds. The van der Waals surface area contributed by atoms with Crippen LogP contribution in [0.3, 0.4) is 0 Å². The highest BCUT2D eigenvalue weighted by Gasteiger charge is 2.47. The van der Waals surface area contributed by atoms with Gasteiger partial charge in [0.15, 0.2) is 5.69 Å². The van der Waals surface area contributed by atoms with Crippen molar-refractivity contribution in [2.24, 2.45) is 0 Å². The van der Waals surface area contributed by atoms with Crippen molar-refractivity contribution in [2.75, 3.05) is 9.80 Å². The minimum atomic E-state index is -0.459. The molecule has 19 aromatic rings. The van der Waals surface area contributed by atoms with Crippen molar-refractivity contribution in [3.8, 4) is 134 Å². The maximum absolute atomic E-state index is 10.8. The predicted octanol–water partition coefficient (Wildman–Crippen LogP) is 30.2. The number of nitrogens with zero attached hydrogens (tertiary/aromatic N) is 5. The molecule has 21 rings (SSSR count). The molecule has 124 heavy (non-hydrogen) atoms. The van der Waals surface area contributed by atoms with Crippen molar-refractivity contribution in [1.82, 2.24) is 4.57 Å². The number of para-hydroxylation sites is 2. The van der Waals surface area contributed by atoms with Gasteiger partial charge in [-0.3, -0.25) is 0 Å². The summed E-state index contributed by atoms with van der Waals surface area (Å²) in [6.07, 6.45) is 0. The molecule has 0 aliphatic carbocycles. The van der Waals surface area contributed by atoms with Gasteiger partial charge in [-0.05, 0) is 248 Å². The quantitative estimate of drug-likeness (QED) is 0.0805. The van der Waals surface area contributed by atoms with Crippen LogP contribution in [0.25, 0.3) is 155 Å². The smallest absolute Gasteiger partial charge is 0.252 e. The first-order valence-electron chi connectivity index (χ1n) is 42.8. The summed E-state index contributed by atoms with van der Waals surface area (Å²) in [4.78, 5) is 9.45. The number of rotatable bonds is 14. The van der Waals surface area contributed by atoms with Gasteiger partial charge in [-0.15, -0.1) is 0 Å². The van der Waals surface area contributed by atoms with Crippen molar-refractivity contribution in [3.05, 3.63) is 441 Å². The average molecular weight is 1580 g/mol. The molecule has 6 heteroatoms. The van der Waals surface area contributed by atoms with Crippen molar-refractivity contribution in [2.45, 2.75) is 52.4 Å². The first kappa shape index (κ1) is 75.8. The van der Waals surface area contributed by atoms with Crippen LogP contribution in [0.5, 0.6) is 0 Å². The first-order valence-corrected chi connectivity index (χ1v) is 42.8. The molecular formula is C118H86BN5. The van der Waals surface area contributed by atoms with Crippen molar-refractivity contribution < 1.29 is 0 Å². The lowest BCUT2D eigenvalue weighted by atomic mass is 9.33. The summed E-state index contributed by atoms with van der Waals surface area (Å²) in [5.41, 5.74) is 39.0. The molecule has 0 N–H and O–H groups in total. The molecule has 18 aromatic carbocycles. The van der Waals surface area contributed by atoms with Crippen LogP contribution in [0.2, 0.25) is 0 Å². The molecule has 2 aliphatic rings. The Labute approximate surface area is 726 Å². The summed E-state index contributed by atoms with van der Waals surface area (Å²) in [5, 5.41) is 13.1. The van der Waals surface area contributed by atoms with Gasteiger partial charge >= 0.3 is 0 Å². The molecule has 1 aromatic heterocycles. The molecule has 586 valence electrons. The molecule has 5 nitrogen and oxygen atoms in total. The van der Waals surface area contributed by atoms with Gasteiger partial charge in [0.25, 0.3) is 6.71 Å². The molecule has 2 aliphatic heterocycles. The van der Waals surface area contributed by atoms with E-state index in [0.29, 0.717) is 11.3 Å². The SMILES string of the molecule is [C-]#[N+]c1cccc(-c2cc(-c3cccc(-c4ccccc4)c3)c(N3c4cc(-n5c6ccccc6c6ccccc65)ccc4B4c5cc(-c6ccc(C(C)(C)C)cc6)ccc5N(c5c(-c6cccc(-c7ccccc7)c6)cc(-c6cccc(C#N)c6)cc5-c5cccc(-c6ccccc6)c5)c5cc(C(C)(C)C)cc3c54)c(-c3cccc(-c4ccccc4)c3)c2)c1. The number of fused-ring (bicyclic) bond motifs is 7. The standard InChI is InChI=1S/C118H86BN5/c1-117(2,3)96-57-54-82(55-58-96)89-56-61-110-107(72-89)119-106-60-59-99(122-108-52-22-20-50-100(108)101-51-21-23-53-109(101)122)75-111(106)124(116-104(92-47-27-42-86(65-92)80-35-16-10-17-36-80)70-95(88-44-29-49-98(67-88)121-7)71-105(116)93-48-28-43-87(66-93)81-37-18-11-19-38-81)113-74-97(118(4,5)6)73-112(114(113)119)123(110)115-102(90-45-25-40-84(63-90)78-31-12-8-13-32-78)68-94(83-39-24-30-77(62-83)76-120)69-103(115)91-46-26-41-85(64-91)79-33-14-9-15-34-79/h8-75H,1-6H3. The topological polar surface area (TPSA) is 39.6 Å². The van der Waals surface area contributed by atoms with E-state index in [9.17, 15) is 5.26 Å². The minimum Gasteiger partial charge on any atom is -0.310 e. The fourth-order valence-corrected chi connectivity index (χ4v) is 19.1. The summed E-state index contributed by atoms with van der Waals surface area (Å²) in [6, 6.07) is 155. The van der Waals surface area contributed by atoms with Crippen LogP contribution in [-0.4, -0.2) is 11.3 Å². The van der Waals surface area contributed by atoms with E-state index >= 15 is 0 Å². The molecule has 0 saturated heterocycles. The van der Waals surface area contributed by atoms with Crippen molar-refractivity contribution in [3.63, 3.8) is 0 Å². The molecule has 3 heterocycles. The van der Waals surface area contributed by atoms with Gasteiger partial charge in [-0.25, -0.2) is 4.85 Å². The Balaban J connectivity index is 0.953. The third kappa shape index (κ3) is 13.6. The van der Waals surface area contributed by atoms with Gasteiger partial charge in [0.2, 0.25) is 0 Å². The lowest BCUT2D eigenvalue weighted by Gasteiger charge is -2.46. The molecule has 0 spiro atoms. The first-order chi connectivity index (χ1) is 60.6. The van der Waals surface area contributed by atoms with Gasteiger partial charge < -0.3 is 14.4 Å². The molecule has 0 saturated carbocycles. The molecule has 0 unspecified atom stereocenters. The summed E-state index contributed by atoms with van der Waals surface area (Å²) in [7, 11) is 0. The molecule has 0 fully saturated rings. The molecule has 0 radical (unpaired) electrons. The van der Waals surface area contributed by atoms with Crippen LogP contribution in [0, 0.1) is 17.9 Å². The van der Waals surface area contributed by atoms with Crippen LogP contribution >= 0.6 is 0 Å². The van der Waals surface area contributed by atoms with Crippen LogP contribution in [0.4, 0.5) is 39.8 Å². The van der Waals surface area contributed by atoms with E-state index in [2.05, 4.69) is 443 Å².